The average Bonchev–Trinajstić information content (AvgIpc) is 2.79. The summed E-state index contributed by atoms with van der Waals surface area (Å²) in [6.45, 7) is 0. The van der Waals surface area contributed by atoms with E-state index in [0.717, 1.165) is 22.3 Å². The molecular weight excluding hydrogens is 378 g/mol. The molecule has 0 fully saturated rings. The second-order valence-corrected chi connectivity index (χ2v) is 7.59. The molecule has 0 spiro atoms. The maximum atomic E-state index is 10.4. The number of aliphatic hydroxyl groups excluding tert-OH is 1. The molecule has 0 saturated carbocycles. The predicted octanol–water partition coefficient (Wildman–Crippen LogP) is 4.90. The van der Waals surface area contributed by atoms with Crippen LogP contribution in [-0.2, 0) is 5.75 Å². The molecule has 0 radical (unpaired) electrons. The van der Waals surface area contributed by atoms with E-state index in [1.165, 1.54) is 11.8 Å². The highest BCUT2D eigenvalue weighted by Crippen LogP contribution is 2.26. The van der Waals surface area contributed by atoms with Crippen molar-refractivity contribution >= 4 is 22.6 Å². The van der Waals surface area contributed by atoms with Gasteiger partial charge in [-0.05, 0) is 22.3 Å². The number of aliphatic imine (C=N–C) groups is 2. The summed E-state index contributed by atoms with van der Waals surface area (Å²) in [5.74, 6) is -0.0773. The molecule has 29 heavy (non-hydrogen) atoms. The topological polar surface area (TPSA) is 68.7 Å². The Morgan fingerprint density at radius 3 is 2.07 bits per heavy atom. The van der Waals surface area contributed by atoms with Gasteiger partial charge >= 0.3 is 0 Å². The van der Waals surface area contributed by atoms with E-state index in [0.29, 0.717) is 16.6 Å². The van der Waals surface area contributed by atoms with Crippen molar-refractivity contribution < 1.29 is 5.11 Å². The van der Waals surface area contributed by atoms with Gasteiger partial charge in [-0.1, -0.05) is 96.7 Å². The molecule has 2 atom stereocenters. The molecular formula is C24H19N3OS. The molecule has 0 amide bonds. The van der Waals surface area contributed by atoms with Gasteiger partial charge in [-0.25, -0.2) is 9.98 Å². The summed E-state index contributed by atoms with van der Waals surface area (Å²) in [7, 11) is 0. The van der Waals surface area contributed by atoms with E-state index in [9.17, 15) is 10.4 Å². The third kappa shape index (κ3) is 4.45. The van der Waals surface area contributed by atoms with Gasteiger partial charge < -0.3 is 5.11 Å². The minimum atomic E-state index is -1.11. The van der Waals surface area contributed by atoms with Gasteiger partial charge in [0.05, 0.1) is 11.8 Å². The normalized spacial score (nSPS) is 18.5. The highest BCUT2D eigenvalue weighted by Gasteiger charge is 2.30. The van der Waals surface area contributed by atoms with Crippen molar-refractivity contribution in [1.82, 2.24) is 0 Å². The highest BCUT2D eigenvalue weighted by atomic mass is 32.2. The van der Waals surface area contributed by atoms with Crippen LogP contribution in [0.5, 0.6) is 0 Å². The first kappa shape index (κ1) is 19.1. The number of benzene rings is 3. The molecule has 1 aliphatic heterocycles. The third-order valence-corrected chi connectivity index (χ3v) is 5.62. The number of rotatable bonds is 4. The predicted molar refractivity (Wildman–Crippen MR) is 119 cm³/mol. The number of aliphatic hydroxyl groups is 1. The summed E-state index contributed by atoms with van der Waals surface area (Å²) in [5.41, 5.74) is 4.75. The van der Waals surface area contributed by atoms with Crippen LogP contribution >= 0.6 is 11.8 Å². The van der Waals surface area contributed by atoms with Gasteiger partial charge in [0.1, 0.15) is 5.92 Å². The fourth-order valence-electron chi connectivity index (χ4n) is 3.16. The first-order chi connectivity index (χ1) is 14.2. The Bertz CT molecular complexity index is 1070. The number of nitriles is 1. The molecule has 3 aromatic rings. The summed E-state index contributed by atoms with van der Waals surface area (Å²) >= 11 is 1.46. The molecule has 0 bridgehead atoms. The quantitative estimate of drug-likeness (QED) is 0.680. The van der Waals surface area contributed by atoms with Crippen molar-refractivity contribution in [2.45, 2.75) is 12.0 Å². The minimum absolute atomic E-state index is 0.495. The largest absolute Gasteiger partial charge is 0.370 e. The zero-order chi connectivity index (χ0) is 20.1. The Morgan fingerprint density at radius 1 is 0.828 bits per heavy atom. The molecule has 4 rings (SSSR count). The van der Waals surface area contributed by atoms with Crippen molar-refractivity contribution in [3.63, 3.8) is 0 Å². The van der Waals surface area contributed by atoms with Crippen LogP contribution in [0.15, 0.2) is 94.9 Å². The van der Waals surface area contributed by atoms with Crippen LogP contribution in [0.3, 0.4) is 0 Å². The summed E-state index contributed by atoms with van der Waals surface area (Å²) in [4.78, 5) is 8.83. The van der Waals surface area contributed by atoms with Crippen LogP contribution in [0, 0.1) is 17.2 Å². The molecule has 1 N–H and O–H groups in total. The molecule has 2 unspecified atom stereocenters. The van der Waals surface area contributed by atoms with E-state index in [1.807, 2.05) is 72.8 Å². The lowest BCUT2D eigenvalue weighted by Crippen LogP contribution is -2.31. The fourth-order valence-corrected chi connectivity index (χ4v) is 3.99. The van der Waals surface area contributed by atoms with Gasteiger partial charge in [0, 0.05) is 5.75 Å². The van der Waals surface area contributed by atoms with Crippen LogP contribution in [0.25, 0.3) is 11.1 Å². The van der Waals surface area contributed by atoms with Crippen LogP contribution in [0.4, 0.5) is 0 Å². The maximum absolute atomic E-state index is 10.4. The van der Waals surface area contributed by atoms with Crippen molar-refractivity contribution in [3.8, 4) is 17.2 Å². The Labute approximate surface area is 174 Å². The zero-order valence-corrected chi connectivity index (χ0v) is 16.5. The Balaban J connectivity index is 1.58. The third-order valence-electron chi connectivity index (χ3n) is 4.69. The second-order valence-electron chi connectivity index (χ2n) is 6.65. The molecule has 1 heterocycles. The molecule has 3 aromatic carbocycles. The fraction of sp³-hybridized carbons (Fsp3) is 0.125. The number of amidine groups is 1. The van der Waals surface area contributed by atoms with Crippen LogP contribution in [-0.4, -0.2) is 22.2 Å². The Kier molecular flexibility index (Phi) is 5.85. The summed E-state index contributed by atoms with van der Waals surface area (Å²) < 4.78 is 0. The van der Waals surface area contributed by atoms with Crippen molar-refractivity contribution in [2.24, 2.45) is 15.9 Å². The van der Waals surface area contributed by atoms with Gasteiger partial charge in [0.2, 0.25) is 0 Å². The number of nitrogens with zero attached hydrogens (tertiary/aromatic N) is 3. The lowest BCUT2D eigenvalue weighted by molar-refractivity contribution is 0.167. The molecule has 0 saturated heterocycles. The molecule has 1 aliphatic rings. The summed E-state index contributed by atoms with van der Waals surface area (Å²) in [6.07, 6.45) is -1.11. The van der Waals surface area contributed by atoms with Crippen molar-refractivity contribution in [2.75, 3.05) is 0 Å². The average molecular weight is 398 g/mol. The first-order valence-corrected chi connectivity index (χ1v) is 10.3. The van der Waals surface area contributed by atoms with Crippen molar-refractivity contribution in [1.29, 1.82) is 5.26 Å². The van der Waals surface area contributed by atoms with Crippen molar-refractivity contribution in [3.05, 3.63) is 96.1 Å². The smallest absolute Gasteiger partial charge is 0.186 e. The lowest BCUT2D eigenvalue weighted by Gasteiger charge is -2.21. The van der Waals surface area contributed by atoms with E-state index < -0.39 is 12.1 Å². The summed E-state index contributed by atoms with van der Waals surface area (Å²) in [6, 6.07) is 30.2. The molecule has 4 nitrogen and oxygen atoms in total. The minimum Gasteiger partial charge on any atom is -0.370 e. The van der Waals surface area contributed by atoms with E-state index in [-0.39, 0.29) is 0 Å². The van der Waals surface area contributed by atoms with Gasteiger partial charge in [-0.3, -0.25) is 0 Å². The van der Waals surface area contributed by atoms with Gasteiger partial charge in [-0.2, -0.15) is 5.26 Å². The second kappa shape index (κ2) is 8.87. The van der Waals surface area contributed by atoms with E-state index in [4.69, 9.17) is 0 Å². The molecule has 0 aromatic heterocycles. The molecule has 5 heteroatoms. The number of hydrogen-bond donors (Lipinski definition) is 1. The maximum Gasteiger partial charge on any atom is 0.186 e. The monoisotopic (exact) mass is 397 g/mol. The standard InChI is InChI=1S/C24H19N3OS/c25-15-21-22(20-13-11-19(12-14-20)18-9-5-2-6-10-18)26-24(27-23(21)28)29-16-17-7-3-1-4-8-17/h1-14,21,23,28H,16H2. The van der Waals surface area contributed by atoms with E-state index in [2.05, 4.69) is 28.2 Å². The molecule has 142 valence electrons. The zero-order valence-electron chi connectivity index (χ0n) is 15.6. The van der Waals surface area contributed by atoms with Crippen LogP contribution < -0.4 is 0 Å². The SMILES string of the molecule is N#CC1C(c2ccc(-c3ccccc3)cc2)=NC(SCc2ccccc2)=NC1O. The van der Waals surface area contributed by atoms with E-state index >= 15 is 0 Å². The van der Waals surface area contributed by atoms with Crippen LogP contribution in [0.1, 0.15) is 11.1 Å². The number of thioether (sulfide) groups is 1. The van der Waals surface area contributed by atoms with E-state index in [1.54, 1.807) is 0 Å². The Morgan fingerprint density at radius 2 is 1.41 bits per heavy atom. The van der Waals surface area contributed by atoms with Gasteiger partial charge in [-0.15, -0.1) is 0 Å². The van der Waals surface area contributed by atoms with Gasteiger partial charge in [0.15, 0.2) is 11.4 Å². The first-order valence-electron chi connectivity index (χ1n) is 9.31. The number of hydrogen-bond acceptors (Lipinski definition) is 5. The summed E-state index contributed by atoms with van der Waals surface area (Å²) in [5, 5.41) is 20.4. The van der Waals surface area contributed by atoms with Crippen LogP contribution in [0.2, 0.25) is 0 Å². The van der Waals surface area contributed by atoms with Gasteiger partial charge in [0.25, 0.3) is 0 Å². The highest BCUT2D eigenvalue weighted by molar-refractivity contribution is 8.13. The molecule has 0 aliphatic carbocycles. The lowest BCUT2D eigenvalue weighted by atomic mass is 9.94. The Hall–Kier alpha value is -3.20.